The highest BCUT2D eigenvalue weighted by molar-refractivity contribution is 5.96. The van der Waals surface area contributed by atoms with Crippen molar-refractivity contribution in [1.29, 1.82) is 0 Å². The van der Waals surface area contributed by atoms with Crippen LogP contribution in [0.5, 0.6) is 0 Å². The van der Waals surface area contributed by atoms with Gasteiger partial charge in [0.15, 0.2) is 0 Å². The van der Waals surface area contributed by atoms with Crippen molar-refractivity contribution in [3.8, 4) is 11.3 Å². The van der Waals surface area contributed by atoms with Gasteiger partial charge in [0, 0.05) is 24.2 Å². The van der Waals surface area contributed by atoms with Gasteiger partial charge in [-0.2, -0.15) is 5.10 Å². The first-order valence-electron chi connectivity index (χ1n) is 11.7. The lowest BCUT2D eigenvalue weighted by Gasteiger charge is -2.17. The number of benzene rings is 2. The third-order valence-corrected chi connectivity index (χ3v) is 5.43. The molecule has 9 nitrogen and oxygen atoms in total. The summed E-state index contributed by atoms with van der Waals surface area (Å²) in [7, 11) is 1.10. The molecule has 2 amide bonds. The number of alkyl carbamates (subject to hydrolysis) is 1. The molecule has 0 fully saturated rings. The van der Waals surface area contributed by atoms with E-state index in [0.717, 1.165) is 31.0 Å². The van der Waals surface area contributed by atoms with Crippen molar-refractivity contribution in [2.45, 2.75) is 39.0 Å². The molecule has 0 saturated heterocycles. The Morgan fingerprint density at radius 3 is 2.50 bits per heavy atom. The number of methoxy groups -OCH3 is 1. The predicted octanol–water partition coefficient (Wildman–Crippen LogP) is 4.23. The van der Waals surface area contributed by atoms with Crippen LogP contribution in [0.4, 0.5) is 18.0 Å². The zero-order chi connectivity index (χ0) is 27.7. The maximum Gasteiger partial charge on any atom is 0.408 e. The Labute approximate surface area is 216 Å². The number of amides is 2. The van der Waals surface area contributed by atoms with Crippen molar-refractivity contribution in [1.82, 2.24) is 20.4 Å². The van der Waals surface area contributed by atoms with Gasteiger partial charge in [-0.05, 0) is 30.2 Å². The van der Waals surface area contributed by atoms with Crippen LogP contribution in [0.2, 0.25) is 0 Å². The topological polar surface area (TPSA) is 112 Å². The number of nitrogens with zero attached hydrogens (tertiary/aromatic N) is 2. The molecule has 2 aromatic carbocycles. The van der Waals surface area contributed by atoms with Gasteiger partial charge in [-0.25, -0.2) is 22.8 Å². The van der Waals surface area contributed by atoms with Crippen LogP contribution in [0.15, 0.2) is 54.7 Å². The molecule has 0 spiro atoms. The van der Waals surface area contributed by atoms with Crippen LogP contribution in [0, 0.1) is 5.82 Å². The van der Waals surface area contributed by atoms with Gasteiger partial charge in [0.25, 0.3) is 12.3 Å². The maximum absolute atomic E-state index is 14.5. The molecule has 0 bridgehead atoms. The number of halogens is 3. The number of alkyl halides is 2. The predicted molar refractivity (Wildman–Crippen MR) is 131 cm³/mol. The van der Waals surface area contributed by atoms with Crippen molar-refractivity contribution in [2.75, 3.05) is 13.7 Å². The number of hydrogen-bond acceptors (Lipinski definition) is 6. The summed E-state index contributed by atoms with van der Waals surface area (Å²) in [6.07, 6.45) is -2.17. The fourth-order valence-electron chi connectivity index (χ4n) is 3.65. The standard InChI is InChI=1S/C26H27F3N4O5/c1-3-9-33-22(20(13-31-33)23(28)29)17-10-18(12-19(27)11-17)24(34)30-14-21(25(35)37-2)32-26(36)38-15-16-7-5-4-6-8-16/h4-8,10-13,21,23H,3,9,14-15H2,1-2H3,(H,30,34)(H,32,36)/t21-/m1/s1. The molecule has 0 aliphatic carbocycles. The summed E-state index contributed by atoms with van der Waals surface area (Å²) in [5.41, 5.74) is 0.205. The Kier molecular flexibility index (Phi) is 9.85. The van der Waals surface area contributed by atoms with Gasteiger partial charge in [0.1, 0.15) is 18.5 Å². The highest BCUT2D eigenvalue weighted by Crippen LogP contribution is 2.32. The number of carbonyl (C=O) groups is 3. The van der Waals surface area contributed by atoms with E-state index < -0.39 is 42.8 Å². The molecule has 1 heterocycles. The molecule has 0 saturated carbocycles. The Morgan fingerprint density at radius 2 is 1.84 bits per heavy atom. The first kappa shape index (κ1) is 28.2. The molecule has 3 aromatic rings. The molecule has 3 rings (SSSR count). The Bertz CT molecular complexity index is 1270. The van der Waals surface area contributed by atoms with E-state index in [-0.39, 0.29) is 29.0 Å². The Morgan fingerprint density at radius 1 is 1.11 bits per heavy atom. The molecule has 0 aliphatic rings. The van der Waals surface area contributed by atoms with Crippen LogP contribution in [-0.4, -0.2) is 47.4 Å². The largest absolute Gasteiger partial charge is 0.467 e. The lowest BCUT2D eigenvalue weighted by Crippen LogP contribution is -2.49. The number of nitrogens with one attached hydrogen (secondary N) is 2. The SMILES string of the molecule is CCCn1ncc(C(F)F)c1-c1cc(F)cc(C(=O)NC[C@@H](NC(=O)OCc2ccccc2)C(=O)OC)c1. The first-order chi connectivity index (χ1) is 18.2. The van der Waals surface area contributed by atoms with Gasteiger partial charge in [-0.1, -0.05) is 37.3 Å². The molecular formula is C26H27F3N4O5. The zero-order valence-electron chi connectivity index (χ0n) is 20.7. The van der Waals surface area contributed by atoms with Crippen LogP contribution < -0.4 is 10.6 Å². The molecule has 202 valence electrons. The summed E-state index contributed by atoms with van der Waals surface area (Å²) in [5.74, 6) is -2.49. The highest BCUT2D eigenvalue weighted by atomic mass is 19.3. The number of rotatable bonds is 11. The Balaban J connectivity index is 1.73. The Hall–Kier alpha value is -4.35. The van der Waals surface area contributed by atoms with Crippen molar-refractivity contribution in [3.05, 3.63) is 77.2 Å². The van der Waals surface area contributed by atoms with E-state index in [9.17, 15) is 27.6 Å². The average molecular weight is 533 g/mol. The van der Waals surface area contributed by atoms with Crippen molar-refractivity contribution in [3.63, 3.8) is 0 Å². The number of aryl methyl sites for hydroxylation is 1. The minimum atomic E-state index is -2.86. The molecule has 0 unspecified atom stereocenters. The summed E-state index contributed by atoms with van der Waals surface area (Å²) in [4.78, 5) is 37.1. The van der Waals surface area contributed by atoms with Crippen LogP contribution in [0.25, 0.3) is 11.3 Å². The number of aromatic nitrogens is 2. The van der Waals surface area contributed by atoms with Crippen LogP contribution in [0.3, 0.4) is 0 Å². The minimum absolute atomic E-state index is 0.00525. The van der Waals surface area contributed by atoms with Gasteiger partial charge < -0.3 is 20.1 Å². The average Bonchev–Trinajstić information content (AvgIpc) is 3.33. The fourth-order valence-corrected chi connectivity index (χ4v) is 3.65. The number of carbonyl (C=O) groups excluding carboxylic acids is 3. The van der Waals surface area contributed by atoms with Gasteiger partial charge in [0.2, 0.25) is 0 Å². The van der Waals surface area contributed by atoms with E-state index in [0.29, 0.717) is 13.0 Å². The molecule has 0 aliphatic heterocycles. The summed E-state index contributed by atoms with van der Waals surface area (Å²) >= 11 is 0. The second-order valence-electron chi connectivity index (χ2n) is 8.19. The third kappa shape index (κ3) is 7.34. The maximum atomic E-state index is 14.5. The molecule has 38 heavy (non-hydrogen) atoms. The van der Waals surface area contributed by atoms with Gasteiger partial charge in [-0.15, -0.1) is 0 Å². The van der Waals surface area contributed by atoms with E-state index >= 15 is 0 Å². The molecular weight excluding hydrogens is 505 g/mol. The highest BCUT2D eigenvalue weighted by Gasteiger charge is 2.25. The lowest BCUT2D eigenvalue weighted by atomic mass is 10.0. The van der Waals surface area contributed by atoms with E-state index in [1.54, 1.807) is 30.3 Å². The summed E-state index contributed by atoms with van der Waals surface area (Å²) in [6, 6.07) is 10.7. The molecule has 1 aromatic heterocycles. The van der Waals surface area contributed by atoms with Gasteiger partial charge in [-0.3, -0.25) is 9.48 Å². The van der Waals surface area contributed by atoms with Gasteiger partial charge >= 0.3 is 12.1 Å². The van der Waals surface area contributed by atoms with E-state index in [4.69, 9.17) is 4.74 Å². The van der Waals surface area contributed by atoms with Crippen molar-refractivity contribution in [2.24, 2.45) is 0 Å². The van der Waals surface area contributed by atoms with E-state index in [1.165, 1.54) is 10.7 Å². The van der Waals surface area contributed by atoms with Crippen LogP contribution >= 0.6 is 0 Å². The first-order valence-corrected chi connectivity index (χ1v) is 11.7. The summed E-state index contributed by atoms with van der Waals surface area (Å²) < 4.78 is 52.7. The summed E-state index contributed by atoms with van der Waals surface area (Å²) in [5, 5.41) is 8.70. The molecule has 0 radical (unpaired) electrons. The molecule has 12 heteroatoms. The molecule has 2 N–H and O–H groups in total. The van der Waals surface area contributed by atoms with Crippen molar-refractivity contribution < 1.29 is 37.0 Å². The number of hydrogen-bond donors (Lipinski definition) is 2. The minimum Gasteiger partial charge on any atom is -0.467 e. The van der Waals surface area contributed by atoms with Gasteiger partial charge in [0.05, 0.1) is 24.6 Å². The van der Waals surface area contributed by atoms with Crippen molar-refractivity contribution >= 4 is 18.0 Å². The van der Waals surface area contributed by atoms with E-state index in [1.807, 2.05) is 6.92 Å². The van der Waals surface area contributed by atoms with Crippen LogP contribution in [0.1, 0.15) is 41.3 Å². The molecule has 1 atom stereocenters. The van der Waals surface area contributed by atoms with Crippen LogP contribution in [-0.2, 0) is 27.4 Å². The normalized spacial score (nSPS) is 11.6. The van der Waals surface area contributed by atoms with E-state index in [2.05, 4.69) is 20.5 Å². The zero-order valence-corrected chi connectivity index (χ0v) is 20.7. The number of ether oxygens (including phenoxy) is 2. The lowest BCUT2D eigenvalue weighted by molar-refractivity contribution is -0.142. The second kappa shape index (κ2) is 13.3. The smallest absolute Gasteiger partial charge is 0.408 e. The number of esters is 1. The monoisotopic (exact) mass is 532 g/mol. The quantitative estimate of drug-likeness (QED) is 0.358. The third-order valence-electron chi connectivity index (χ3n) is 5.43. The second-order valence-corrected chi connectivity index (χ2v) is 8.19. The summed E-state index contributed by atoms with van der Waals surface area (Å²) in [6.45, 7) is 1.69. The fraction of sp³-hybridized carbons (Fsp3) is 0.308.